The first-order chi connectivity index (χ1) is 9.71. The standard InChI is InChI=1S/C15H12F2O3S/c1-9-3-8-12(16)13(14(9)17)15(18)10-4-6-11(7-5-10)21(2,19)20/h3-8H,1-2H3. The fourth-order valence-corrected chi connectivity index (χ4v) is 2.49. The summed E-state index contributed by atoms with van der Waals surface area (Å²) in [5, 5.41) is 0. The van der Waals surface area contributed by atoms with E-state index in [2.05, 4.69) is 0 Å². The highest BCUT2D eigenvalue weighted by atomic mass is 32.2. The number of hydrogen-bond donors (Lipinski definition) is 0. The lowest BCUT2D eigenvalue weighted by atomic mass is 10.0. The molecule has 0 spiro atoms. The summed E-state index contributed by atoms with van der Waals surface area (Å²) in [6.45, 7) is 1.43. The highest BCUT2D eigenvalue weighted by Crippen LogP contribution is 2.21. The maximum absolute atomic E-state index is 13.9. The molecule has 0 radical (unpaired) electrons. The summed E-state index contributed by atoms with van der Waals surface area (Å²) in [6.07, 6.45) is 1.03. The second kappa shape index (κ2) is 5.37. The first-order valence-electron chi connectivity index (χ1n) is 6.01. The smallest absolute Gasteiger partial charge is 0.198 e. The SMILES string of the molecule is Cc1ccc(F)c(C(=O)c2ccc(S(C)(=O)=O)cc2)c1F. The Morgan fingerprint density at radius 2 is 1.57 bits per heavy atom. The molecular weight excluding hydrogens is 298 g/mol. The number of hydrogen-bond acceptors (Lipinski definition) is 3. The fraction of sp³-hybridized carbons (Fsp3) is 0.133. The van der Waals surface area contributed by atoms with E-state index in [4.69, 9.17) is 0 Å². The molecule has 0 aliphatic rings. The number of aryl methyl sites for hydroxylation is 1. The van der Waals surface area contributed by atoms with Crippen LogP contribution >= 0.6 is 0 Å². The van der Waals surface area contributed by atoms with Crippen molar-refractivity contribution in [2.24, 2.45) is 0 Å². The van der Waals surface area contributed by atoms with Crippen molar-refractivity contribution in [3.63, 3.8) is 0 Å². The summed E-state index contributed by atoms with van der Waals surface area (Å²) in [7, 11) is -3.39. The molecule has 0 atom stereocenters. The zero-order chi connectivity index (χ0) is 15.8. The van der Waals surface area contributed by atoms with Gasteiger partial charge in [0.2, 0.25) is 0 Å². The van der Waals surface area contributed by atoms with Gasteiger partial charge in [-0.15, -0.1) is 0 Å². The van der Waals surface area contributed by atoms with Crippen molar-refractivity contribution < 1.29 is 22.0 Å². The van der Waals surface area contributed by atoms with Crippen molar-refractivity contribution in [1.29, 1.82) is 0 Å². The Morgan fingerprint density at radius 3 is 2.10 bits per heavy atom. The molecule has 21 heavy (non-hydrogen) atoms. The molecule has 110 valence electrons. The van der Waals surface area contributed by atoms with Crippen molar-refractivity contribution in [3.05, 3.63) is 64.7 Å². The Morgan fingerprint density at radius 1 is 1.00 bits per heavy atom. The summed E-state index contributed by atoms with van der Waals surface area (Å²) in [5.74, 6) is -2.68. The summed E-state index contributed by atoms with van der Waals surface area (Å²) in [5.41, 5.74) is -0.458. The van der Waals surface area contributed by atoms with Crippen LogP contribution in [-0.4, -0.2) is 20.5 Å². The van der Waals surface area contributed by atoms with Gasteiger partial charge in [-0.3, -0.25) is 4.79 Å². The average Bonchev–Trinajstić information content (AvgIpc) is 2.42. The monoisotopic (exact) mass is 310 g/mol. The van der Waals surface area contributed by atoms with Crippen LogP contribution in [0.3, 0.4) is 0 Å². The Hall–Kier alpha value is -2.08. The average molecular weight is 310 g/mol. The van der Waals surface area contributed by atoms with Crippen LogP contribution in [0.5, 0.6) is 0 Å². The molecule has 0 N–H and O–H groups in total. The van der Waals surface area contributed by atoms with Gasteiger partial charge < -0.3 is 0 Å². The van der Waals surface area contributed by atoms with Gasteiger partial charge in [0.25, 0.3) is 0 Å². The predicted octanol–water partition coefficient (Wildman–Crippen LogP) is 2.91. The van der Waals surface area contributed by atoms with Gasteiger partial charge in [0.05, 0.1) is 10.5 Å². The number of rotatable bonds is 3. The zero-order valence-corrected chi connectivity index (χ0v) is 12.2. The van der Waals surface area contributed by atoms with Crippen LogP contribution < -0.4 is 0 Å². The van der Waals surface area contributed by atoms with Gasteiger partial charge in [-0.2, -0.15) is 0 Å². The Bertz CT molecular complexity index is 810. The van der Waals surface area contributed by atoms with Crippen molar-refractivity contribution in [2.45, 2.75) is 11.8 Å². The molecule has 3 nitrogen and oxygen atoms in total. The van der Waals surface area contributed by atoms with Gasteiger partial charge in [-0.05, 0) is 42.8 Å². The second-order valence-corrected chi connectivity index (χ2v) is 6.69. The van der Waals surface area contributed by atoms with Crippen molar-refractivity contribution in [3.8, 4) is 0 Å². The molecule has 0 aliphatic heterocycles. The highest BCUT2D eigenvalue weighted by Gasteiger charge is 2.20. The summed E-state index contributed by atoms with van der Waals surface area (Å²) in [6, 6.07) is 7.20. The molecular formula is C15H12F2O3S. The Kier molecular flexibility index (Phi) is 3.91. The molecule has 0 saturated heterocycles. The van der Waals surface area contributed by atoms with Crippen molar-refractivity contribution in [2.75, 3.05) is 6.26 Å². The van der Waals surface area contributed by atoms with E-state index in [1.165, 1.54) is 37.3 Å². The third kappa shape index (κ3) is 3.00. The van der Waals surface area contributed by atoms with Crippen LogP contribution in [0.25, 0.3) is 0 Å². The molecule has 2 aromatic carbocycles. The third-order valence-electron chi connectivity index (χ3n) is 3.06. The first-order valence-corrected chi connectivity index (χ1v) is 7.90. The fourth-order valence-electron chi connectivity index (χ4n) is 1.86. The zero-order valence-electron chi connectivity index (χ0n) is 11.4. The van der Waals surface area contributed by atoms with Gasteiger partial charge in [-0.1, -0.05) is 6.07 Å². The maximum atomic E-state index is 13.9. The predicted molar refractivity (Wildman–Crippen MR) is 74.1 cm³/mol. The molecule has 6 heteroatoms. The van der Waals surface area contributed by atoms with E-state index in [0.717, 1.165) is 12.3 Å². The Balaban J connectivity index is 2.49. The molecule has 0 heterocycles. The lowest BCUT2D eigenvalue weighted by Gasteiger charge is -2.07. The summed E-state index contributed by atoms with van der Waals surface area (Å²) < 4.78 is 50.3. The van der Waals surface area contributed by atoms with Gasteiger partial charge in [0.1, 0.15) is 11.6 Å². The minimum Gasteiger partial charge on any atom is -0.288 e. The topological polar surface area (TPSA) is 51.2 Å². The molecule has 0 bridgehead atoms. The highest BCUT2D eigenvalue weighted by molar-refractivity contribution is 7.90. The van der Waals surface area contributed by atoms with Crippen LogP contribution in [0.15, 0.2) is 41.3 Å². The number of halogens is 2. The van der Waals surface area contributed by atoms with E-state index in [-0.39, 0.29) is 16.0 Å². The van der Waals surface area contributed by atoms with E-state index >= 15 is 0 Å². The molecule has 0 unspecified atom stereocenters. The van der Waals surface area contributed by atoms with Crippen LogP contribution in [0.2, 0.25) is 0 Å². The molecule has 0 saturated carbocycles. The molecule has 0 amide bonds. The lowest BCUT2D eigenvalue weighted by Crippen LogP contribution is -2.09. The Labute approximate surface area is 121 Å². The number of carbonyl (C=O) groups excluding carboxylic acids is 1. The first kappa shape index (κ1) is 15.3. The minimum atomic E-state index is -3.39. The van der Waals surface area contributed by atoms with E-state index in [0.29, 0.717) is 0 Å². The van der Waals surface area contributed by atoms with Gasteiger partial charge >= 0.3 is 0 Å². The van der Waals surface area contributed by atoms with E-state index in [1.807, 2.05) is 0 Å². The molecule has 0 fully saturated rings. The summed E-state index contributed by atoms with van der Waals surface area (Å²) in [4.78, 5) is 12.2. The van der Waals surface area contributed by atoms with Gasteiger partial charge in [-0.25, -0.2) is 17.2 Å². The van der Waals surface area contributed by atoms with Gasteiger partial charge in [0, 0.05) is 11.8 Å². The van der Waals surface area contributed by atoms with E-state index in [1.54, 1.807) is 0 Å². The largest absolute Gasteiger partial charge is 0.288 e. The minimum absolute atomic E-state index is 0.0193. The normalized spacial score (nSPS) is 11.4. The number of carbonyl (C=O) groups is 1. The van der Waals surface area contributed by atoms with E-state index in [9.17, 15) is 22.0 Å². The van der Waals surface area contributed by atoms with Crippen molar-refractivity contribution >= 4 is 15.6 Å². The number of ketones is 1. The molecule has 2 aromatic rings. The lowest BCUT2D eigenvalue weighted by molar-refractivity contribution is 0.103. The quantitative estimate of drug-likeness (QED) is 0.819. The van der Waals surface area contributed by atoms with Crippen LogP contribution in [0, 0.1) is 18.6 Å². The third-order valence-corrected chi connectivity index (χ3v) is 4.18. The molecule has 0 aliphatic carbocycles. The molecule has 0 aromatic heterocycles. The number of sulfone groups is 1. The van der Waals surface area contributed by atoms with Crippen molar-refractivity contribution in [1.82, 2.24) is 0 Å². The second-order valence-electron chi connectivity index (χ2n) is 4.68. The maximum Gasteiger partial charge on any atom is 0.198 e. The number of benzene rings is 2. The van der Waals surface area contributed by atoms with Crippen LogP contribution in [0.4, 0.5) is 8.78 Å². The van der Waals surface area contributed by atoms with Crippen LogP contribution in [0.1, 0.15) is 21.5 Å². The van der Waals surface area contributed by atoms with Gasteiger partial charge in [0.15, 0.2) is 15.6 Å². The van der Waals surface area contributed by atoms with E-state index < -0.39 is 32.8 Å². The molecule has 2 rings (SSSR count). The summed E-state index contributed by atoms with van der Waals surface area (Å²) >= 11 is 0. The van der Waals surface area contributed by atoms with Crippen LogP contribution in [-0.2, 0) is 9.84 Å².